The Bertz CT molecular complexity index is 509. The number of ether oxygens (including phenoxy) is 1. The molecule has 7 heteroatoms. The molecule has 1 atom stereocenters. The smallest absolute Gasteiger partial charge is 0.311 e. The number of carboxylic acids is 1. The molecule has 2 heterocycles. The highest BCUT2D eigenvalue weighted by Crippen LogP contribution is 2.32. The first kappa shape index (κ1) is 17.2. The molecule has 0 radical (unpaired) electrons. The lowest BCUT2D eigenvalue weighted by molar-refractivity contribution is -0.154. The number of aliphatic carboxylic acids is 1. The molecule has 0 aromatic rings. The lowest BCUT2D eigenvalue weighted by Gasteiger charge is -2.33. The summed E-state index contributed by atoms with van der Waals surface area (Å²) < 4.78 is 5.24. The minimum atomic E-state index is -0.943. The van der Waals surface area contributed by atoms with Crippen LogP contribution in [0.25, 0.3) is 0 Å². The lowest BCUT2D eigenvalue weighted by Crippen LogP contribution is -2.48. The molecule has 134 valence electrons. The predicted octanol–water partition coefficient (Wildman–Crippen LogP) is 0.775. The van der Waals surface area contributed by atoms with Crippen LogP contribution in [-0.4, -0.2) is 60.1 Å². The molecule has 1 aliphatic carbocycles. The second kappa shape index (κ2) is 7.09. The first-order valence-corrected chi connectivity index (χ1v) is 8.90. The number of hydrogen-bond donors (Lipinski definition) is 2. The lowest BCUT2D eigenvalue weighted by atomic mass is 9.80. The fraction of sp³-hybridized carbons (Fsp3) is 0.824. The predicted molar refractivity (Wildman–Crippen MR) is 85.2 cm³/mol. The van der Waals surface area contributed by atoms with Gasteiger partial charge < -0.3 is 20.1 Å². The van der Waals surface area contributed by atoms with E-state index in [0.29, 0.717) is 32.6 Å². The Kier molecular flexibility index (Phi) is 5.08. The summed E-state index contributed by atoms with van der Waals surface area (Å²) in [7, 11) is 0. The van der Waals surface area contributed by atoms with E-state index in [-0.39, 0.29) is 36.7 Å². The molecule has 7 nitrogen and oxygen atoms in total. The first-order chi connectivity index (χ1) is 11.5. The summed E-state index contributed by atoms with van der Waals surface area (Å²) in [5.41, 5.74) is -0.943. The monoisotopic (exact) mass is 338 g/mol. The van der Waals surface area contributed by atoms with Crippen LogP contribution in [0.1, 0.15) is 44.9 Å². The summed E-state index contributed by atoms with van der Waals surface area (Å²) in [6, 6.07) is 0.288. The van der Waals surface area contributed by atoms with E-state index in [2.05, 4.69) is 5.32 Å². The summed E-state index contributed by atoms with van der Waals surface area (Å²) in [6.45, 7) is 1.39. The van der Waals surface area contributed by atoms with Crippen molar-refractivity contribution in [3.05, 3.63) is 0 Å². The fourth-order valence-electron chi connectivity index (χ4n) is 4.11. The average Bonchev–Trinajstić information content (AvgIpc) is 3.22. The Hall–Kier alpha value is -1.63. The van der Waals surface area contributed by atoms with E-state index >= 15 is 0 Å². The summed E-state index contributed by atoms with van der Waals surface area (Å²) in [4.78, 5) is 38.1. The molecule has 0 spiro atoms. The van der Waals surface area contributed by atoms with Gasteiger partial charge in [-0.25, -0.2) is 0 Å². The van der Waals surface area contributed by atoms with Gasteiger partial charge in [-0.1, -0.05) is 12.8 Å². The molecule has 3 aliphatic rings. The Morgan fingerprint density at radius 2 is 1.92 bits per heavy atom. The van der Waals surface area contributed by atoms with Crippen LogP contribution in [0, 0.1) is 11.3 Å². The van der Waals surface area contributed by atoms with Crippen molar-refractivity contribution in [2.75, 3.05) is 26.3 Å². The van der Waals surface area contributed by atoms with Crippen molar-refractivity contribution in [3.8, 4) is 0 Å². The maximum atomic E-state index is 12.4. The Labute approximate surface area is 141 Å². The van der Waals surface area contributed by atoms with Crippen LogP contribution in [0.3, 0.4) is 0 Å². The van der Waals surface area contributed by atoms with Crippen molar-refractivity contribution in [2.45, 2.75) is 51.0 Å². The van der Waals surface area contributed by atoms with Crippen LogP contribution < -0.4 is 5.32 Å². The van der Waals surface area contributed by atoms with Gasteiger partial charge in [0.1, 0.15) is 0 Å². The van der Waals surface area contributed by atoms with E-state index in [9.17, 15) is 19.5 Å². The molecule has 24 heavy (non-hydrogen) atoms. The molecule has 2 aliphatic heterocycles. The van der Waals surface area contributed by atoms with E-state index in [1.165, 1.54) is 0 Å². The van der Waals surface area contributed by atoms with Crippen molar-refractivity contribution in [2.24, 2.45) is 11.3 Å². The Morgan fingerprint density at radius 3 is 2.54 bits per heavy atom. The van der Waals surface area contributed by atoms with E-state index in [0.717, 1.165) is 25.7 Å². The molecular weight excluding hydrogens is 312 g/mol. The molecule has 2 N–H and O–H groups in total. The molecule has 0 aromatic carbocycles. The van der Waals surface area contributed by atoms with Gasteiger partial charge in [-0.3, -0.25) is 14.4 Å². The fourth-order valence-corrected chi connectivity index (χ4v) is 4.11. The van der Waals surface area contributed by atoms with Gasteiger partial charge in [0.15, 0.2) is 0 Å². The first-order valence-electron chi connectivity index (χ1n) is 8.90. The molecule has 2 saturated heterocycles. The minimum Gasteiger partial charge on any atom is -0.481 e. The van der Waals surface area contributed by atoms with Crippen LogP contribution in [0.2, 0.25) is 0 Å². The van der Waals surface area contributed by atoms with Crippen molar-refractivity contribution in [3.63, 3.8) is 0 Å². The summed E-state index contributed by atoms with van der Waals surface area (Å²) in [5, 5.41) is 12.3. The van der Waals surface area contributed by atoms with E-state index in [1.807, 2.05) is 4.90 Å². The maximum absolute atomic E-state index is 12.4. The van der Waals surface area contributed by atoms with Crippen molar-refractivity contribution < 1.29 is 24.2 Å². The molecule has 0 aromatic heterocycles. The summed E-state index contributed by atoms with van der Waals surface area (Å²) >= 11 is 0. The van der Waals surface area contributed by atoms with Crippen LogP contribution in [0.4, 0.5) is 0 Å². The number of likely N-dealkylation sites (tertiary alicyclic amines) is 1. The highest BCUT2D eigenvalue weighted by Gasteiger charge is 2.42. The normalized spacial score (nSPS) is 27.4. The standard InChI is InChI=1S/C17H26N2O5/c20-14-9-12(10-19(14)13-3-1-2-4-13)15(21)18-11-17(16(22)23)5-7-24-8-6-17/h12-13H,1-11H2,(H,18,21)(H,22,23). The van der Waals surface area contributed by atoms with Crippen molar-refractivity contribution in [1.29, 1.82) is 0 Å². The van der Waals surface area contributed by atoms with Crippen LogP contribution in [-0.2, 0) is 19.1 Å². The summed E-state index contributed by atoms with van der Waals surface area (Å²) in [5.74, 6) is -1.39. The number of nitrogens with one attached hydrogen (secondary N) is 1. The topological polar surface area (TPSA) is 95.9 Å². The zero-order valence-electron chi connectivity index (χ0n) is 14.0. The molecule has 3 fully saturated rings. The second-order valence-corrected chi connectivity index (χ2v) is 7.30. The van der Waals surface area contributed by atoms with Gasteiger partial charge in [-0.15, -0.1) is 0 Å². The van der Waals surface area contributed by atoms with Crippen LogP contribution >= 0.6 is 0 Å². The third-order valence-electron chi connectivity index (χ3n) is 5.80. The number of carbonyl (C=O) groups excluding carboxylic acids is 2. The maximum Gasteiger partial charge on any atom is 0.311 e. The molecule has 1 saturated carbocycles. The van der Waals surface area contributed by atoms with E-state index in [1.54, 1.807) is 0 Å². The Balaban J connectivity index is 1.55. The van der Waals surface area contributed by atoms with Gasteiger partial charge in [0.25, 0.3) is 0 Å². The summed E-state index contributed by atoms with van der Waals surface area (Å²) in [6.07, 6.45) is 5.40. The minimum absolute atomic E-state index is 0.0565. The third-order valence-corrected chi connectivity index (χ3v) is 5.80. The van der Waals surface area contributed by atoms with E-state index < -0.39 is 11.4 Å². The van der Waals surface area contributed by atoms with Gasteiger partial charge in [-0.05, 0) is 25.7 Å². The molecule has 2 amide bonds. The Morgan fingerprint density at radius 1 is 1.25 bits per heavy atom. The van der Waals surface area contributed by atoms with Gasteiger partial charge in [0, 0.05) is 38.8 Å². The second-order valence-electron chi connectivity index (χ2n) is 7.30. The van der Waals surface area contributed by atoms with Crippen LogP contribution in [0.15, 0.2) is 0 Å². The van der Waals surface area contributed by atoms with Gasteiger partial charge in [-0.2, -0.15) is 0 Å². The van der Waals surface area contributed by atoms with Crippen molar-refractivity contribution in [1.82, 2.24) is 10.2 Å². The number of carboxylic acid groups (broad SMARTS) is 1. The SMILES string of the molecule is O=C(NCC1(C(=O)O)CCOCC1)C1CC(=O)N(C2CCCC2)C1. The third kappa shape index (κ3) is 3.41. The quantitative estimate of drug-likeness (QED) is 0.772. The molecular formula is C17H26N2O5. The number of carbonyl (C=O) groups is 3. The van der Waals surface area contributed by atoms with E-state index in [4.69, 9.17) is 4.74 Å². The molecule has 3 rings (SSSR count). The molecule has 1 unspecified atom stereocenters. The van der Waals surface area contributed by atoms with Crippen LogP contribution in [0.5, 0.6) is 0 Å². The van der Waals surface area contributed by atoms with Crippen molar-refractivity contribution >= 4 is 17.8 Å². The van der Waals surface area contributed by atoms with Gasteiger partial charge >= 0.3 is 5.97 Å². The zero-order chi connectivity index (χ0) is 17.2. The highest BCUT2D eigenvalue weighted by molar-refractivity contribution is 5.89. The number of amides is 2. The number of hydrogen-bond acceptors (Lipinski definition) is 4. The largest absolute Gasteiger partial charge is 0.481 e. The zero-order valence-corrected chi connectivity index (χ0v) is 14.0. The van der Waals surface area contributed by atoms with Gasteiger partial charge in [0.2, 0.25) is 11.8 Å². The number of rotatable bonds is 5. The highest BCUT2D eigenvalue weighted by atomic mass is 16.5. The van der Waals surface area contributed by atoms with Gasteiger partial charge in [0.05, 0.1) is 11.3 Å². The number of nitrogens with zero attached hydrogens (tertiary/aromatic N) is 1. The molecule has 0 bridgehead atoms. The average molecular weight is 338 g/mol.